The van der Waals surface area contributed by atoms with Crippen molar-refractivity contribution in [2.75, 3.05) is 12.4 Å². The third-order valence-electron chi connectivity index (χ3n) is 5.61. The molecule has 0 radical (unpaired) electrons. The number of fused-ring (bicyclic) bond motifs is 5. The van der Waals surface area contributed by atoms with Crippen LogP contribution in [0.3, 0.4) is 0 Å². The molecule has 0 bridgehead atoms. The molecular weight excluding hydrogens is 438 g/mol. The third kappa shape index (κ3) is 3.47. The monoisotopic (exact) mass is 457 g/mol. The molecule has 0 spiro atoms. The largest absolute Gasteiger partial charge is 0.495 e. The molecule has 1 N–H and O–H groups in total. The van der Waals surface area contributed by atoms with Crippen LogP contribution in [-0.2, 0) is 24.2 Å². The quantitative estimate of drug-likeness (QED) is 0.506. The molecule has 1 unspecified atom stereocenters. The number of hydrogen-bond donors (Lipinski definition) is 1. The van der Waals surface area contributed by atoms with Crippen molar-refractivity contribution in [2.24, 2.45) is 5.92 Å². The van der Waals surface area contributed by atoms with Gasteiger partial charge in [-0.05, 0) is 48.9 Å². The van der Waals surface area contributed by atoms with Crippen LogP contribution in [0.1, 0.15) is 23.8 Å². The molecule has 1 amide bonds. The number of thiophene rings is 1. The first-order chi connectivity index (χ1) is 14.9. The number of halogens is 1. The highest BCUT2D eigenvalue weighted by atomic mass is 35.5. The van der Waals surface area contributed by atoms with E-state index >= 15 is 0 Å². The van der Waals surface area contributed by atoms with E-state index < -0.39 is 11.6 Å². The second kappa shape index (κ2) is 7.65. The lowest BCUT2D eigenvalue weighted by atomic mass is 9.89. The molecule has 0 fully saturated rings. The Morgan fingerprint density at radius 1 is 1.42 bits per heavy atom. The van der Waals surface area contributed by atoms with E-state index in [0.29, 0.717) is 28.0 Å². The second-order valence-electron chi connectivity index (χ2n) is 7.80. The fourth-order valence-electron chi connectivity index (χ4n) is 4.07. The van der Waals surface area contributed by atoms with E-state index in [2.05, 4.69) is 22.3 Å². The first kappa shape index (κ1) is 20.0. The van der Waals surface area contributed by atoms with Crippen molar-refractivity contribution >= 4 is 50.4 Å². The number of amides is 1. The van der Waals surface area contributed by atoms with Crippen molar-refractivity contribution in [3.8, 4) is 5.75 Å². The second-order valence-corrected chi connectivity index (χ2v) is 9.32. The molecule has 5 rings (SSSR count). The molecule has 8 nitrogen and oxygen atoms in total. The first-order valence-electron chi connectivity index (χ1n) is 9.96. The summed E-state index contributed by atoms with van der Waals surface area (Å²) in [6.07, 6.45) is 4.58. The van der Waals surface area contributed by atoms with Crippen LogP contribution in [0.2, 0.25) is 5.02 Å². The number of rotatable bonds is 4. The lowest BCUT2D eigenvalue weighted by Crippen LogP contribution is -2.28. The smallest absolute Gasteiger partial charge is 0.352 e. The molecule has 1 atom stereocenters. The van der Waals surface area contributed by atoms with Crippen LogP contribution in [0.4, 0.5) is 5.69 Å². The summed E-state index contributed by atoms with van der Waals surface area (Å²) >= 11 is 7.70. The molecule has 0 saturated heterocycles. The van der Waals surface area contributed by atoms with Crippen molar-refractivity contribution in [2.45, 2.75) is 32.7 Å². The Labute approximate surface area is 186 Å². The third-order valence-corrected chi connectivity index (χ3v) is 7.00. The van der Waals surface area contributed by atoms with Crippen molar-refractivity contribution in [3.63, 3.8) is 0 Å². The van der Waals surface area contributed by atoms with Crippen molar-refractivity contribution in [1.82, 2.24) is 19.2 Å². The van der Waals surface area contributed by atoms with Gasteiger partial charge in [-0.2, -0.15) is 0 Å². The standard InChI is InChI=1S/C21H20ClN5O3S/c1-11-3-5-13-16(7-11)31-20-18(13)19-25-27(21(29)26(19)10-23-20)9-17(28)24-14-8-12(22)4-6-15(14)30-2/h4,6,8,10-11H,3,5,7,9H2,1-2H3,(H,24,28). The van der Waals surface area contributed by atoms with Gasteiger partial charge in [0.15, 0.2) is 5.65 Å². The number of aryl methyl sites for hydroxylation is 1. The Kier molecular flexibility index (Phi) is 4.94. The van der Waals surface area contributed by atoms with Gasteiger partial charge in [0.1, 0.15) is 23.5 Å². The highest BCUT2D eigenvalue weighted by molar-refractivity contribution is 7.19. The number of ether oxygens (including phenoxy) is 1. The number of aromatic nitrogens is 4. The zero-order chi connectivity index (χ0) is 21.7. The summed E-state index contributed by atoms with van der Waals surface area (Å²) in [5.41, 5.74) is 1.82. The number of hydrogen-bond acceptors (Lipinski definition) is 6. The number of benzene rings is 1. The Bertz CT molecular complexity index is 1390. The van der Waals surface area contributed by atoms with Crippen LogP contribution in [0.25, 0.3) is 15.9 Å². The fraction of sp³-hybridized carbons (Fsp3) is 0.333. The van der Waals surface area contributed by atoms with Gasteiger partial charge in [0, 0.05) is 9.90 Å². The van der Waals surface area contributed by atoms with E-state index in [1.807, 2.05) is 0 Å². The Morgan fingerprint density at radius 2 is 2.26 bits per heavy atom. The SMILES string of the molecule is COc1ccc(Cl)cc1NC(=O)Cn1nc2c3c4c(sc3ncn2c1=O)CC(C)CC4. The number of carbonyl (C=O) groups is 1. The maximum atomic E-state index is 12.9. The lowest BCUT2D eigenvalue weighted by Gasteiger charge is -2.17. The minimum absolute atomic E-state index is 0.235. The Balaban J connectivity index is 1.50. The van der Waals surface area contributed by atoms with Crippen LogP contribution in [-0.4, -0.2) is 32.2 Å². The van der Waals surface area contributed by atoms with E-state index in [-0.39, 0.29) is 6.54 Å². The van der Waals surface area contributed by atoms with E-state index in [9.17, 15) is 9.59 Å². The Hall–Kier alpha value is -2.91. The molecule has 10 heteroatoms. The van der Waals surface area contributed by atoms with Crippen LogP contribution < -0.4 is 15.7 Å². The van der Waals surface area contributed by atoms with E-state index in [4.69, 9.17) is 16.3 Å². The molecule has 1 aliphatic carbocycles. The highest BCUT2D eigenvalue weighted by Crippen LogP contribution is 2.38. The minimum Gasteiger partial charge on any atom is -0.495 e. The average Bonchev–Trinajstić information content (AvgIpc) is 3.25. The normalized spacial score (nSPS) is 15.9. The molecule has 0 aliphatic heterocycles. The fourth-order valence-corrected chi connectivity index (χ4v) is 5.59. The molecule has 3 aromatic heterocycles. The summed E-state index contributed by atoms with van der Waals surface area (Å²) in [7, 11) is 1.51. The van der Waals surface area contributed by atoms with Gasteiger partial charge in [0.2, 0.25) is 5.91 Å². The van der Waals surface area contributed by atoms with E-state index in [1.54, 1.807) is 29.5 Å². The first-order valence-corrected chi connectivity index (χ1v) is 11.2. The summed E-state index contributed by atoms with van der Waals surface area (Å²) < 4.78 is 7.84. The van der Waals surface area contributed by atoms with Gasteiger partial charge in [0.05, 0.1) is 18.2 Å². The molecule has 4 aromatic rings. The maximum absolute atomic E-state index is 12.9. The average molecular weight is 458 g/mol. The number of methoxy groups -OCH3 is 1. The topological polar surface area (TPSA) is 90.5 Å². The van der Waals surface area contributed by atoms with Crippen molar-refractivity contribution < 1.29 is 9.53 Å². The molecule has 3 heterocycles. The summed E-state index contributed by atoms with van der Waals surface area (Å²) in [5.74, 6) is 0.713. The Morgan fingerprint density at radius 3 is 3.06 bits per heavy atom. The molecule has 0 saturated carbocycles. The number of carbonyl (C=O) groups excluding carboxylic acids is 1. The van der Waals surface area contributed by atoms with Gasteiger partial charge >= 0.3 is 5.69 Å². The van der Waals surface area contributed by atoms with Crippen molar-refractivity contribution in [1.29, 1.82) is 0 Å². The van der Waals surface area contributed by atoms with Gasteiger partial charge < -0.3 is 10.1 Å². The summed E-state index contributed by atoms with van der Waals surface area (Å²) in [6.45, 7) is 2.02. The van der Waals surface area contributed by atoms with Crippen LogP contribution in [0.5, 0.6) is 5.75 Å². The molecule has 1 aromatic carbocycles. The summed E-state index contributed by atoms with van der Waals surface area (Å²) in [4.78, 5) is 32.2. The van der Waals surface area contributed by atoms with Crippen molar-refractivity contribution in [3.05, 3.63) is 50.5 Å². The molecular formula is C21H20ClN5O3S. The number of nitrogens with one attached hydrogen (secondary N) is 1. The van der Waals surface area contributed by atoms with Gasteiger partial charge in [-0.15, -0.1) is 16.4 Å². The zero-order valence-corrected chi connectivity index (χ0v) is 18.6. The van der Waals surface area contributed by atoms with Crippen LogP contribution in [0, 0.1) is 5.92 Å². The van der Waals surface area contributed by atoms with Crippen LogP contribution in [0.15, 0.2) is 29.3 Å². The predicted octanol–water partition coefficient (Wildman–Crippen LogP) is 3.53. The number of nitrogens with zero attached hydrogens (tertiary/aromatic N) is 4. The van der Waals surface area contributed by atoms with Gasteiger partial charge in [-0.3, -0.25) is 4.79 Å². The molecule has 1 aliphatic rings. The zero-order valence-electron chi connectivity index (χ0n) is 17.0. The maximum Gasteiger partial charge on any atom is 0.352 e. The van der Waals surface area contributed by atoms with Gasteiger partial charge in [-0.25, -0.2) is 18.9 Å². The van der Waals surface area contributed by atoms with Crippen LogP contribution >= 0.6 is 22.9 Å². The summed E-state index contributed by atoms with van der Waals surface area (Å²) in [6, 6.07) is 4.93. The highest BCUT2D eigenvalue weighted by Gasteiger charge is 2.24. The van der Waals surface area contributed by atoms with Gasteiger partial charge in [-0.1, -0.05) is 18.5 Å². The minimum atomic E-state index is -0.406. The van der Waals surface area contributed by atoms with E-state index in [0.717, 1.165) is 29.5 Å². The number of anilines is 1. The molecule has 31 heavy (non-hydrogen) atoms. The van der Waals surface area contributed by atoms with Gasteiger partial charge in [0.25, 0.3) is 0 Å². The summed E-state index contributed by atoms with van der Waals surface area (Å²) in [5, 5.41) is 8.63. The molecule has 160 valence electrons. The predicted molar refractivity (Wildman–Crippen MR) is 120 cm³/mol. The van der Waals surface area contributed by atoms with E-state index in [1.165, 1.54) is 33.0 Å². The lowest BCUT2D eigenvalue weighted by molar-refractivity contribution is -0.117.